The Morgan fingerprint density at radius 1 is 1.20 bits per heavy atom. The van der Waals surface area contributed by atoms with Crippen molar-refractivity contribution in [3.05, 3.63) is 34.4 Å². The molecule has 2 aliphatic rings. The number of thiocarbonyl (C=S) groups is 1. The Labute approximate surface area is 150 Å². The molecule has 0 aliphatic carbocycles. The Morgan fingerprint density at radius 2 is 1.84 bits per heavy atom. The van der Waals surface area contributed by atoms with Gasteiger partial charge in [0.15, 0.2) is 5.11 Å². The van der Waals surface area contributed by atoms with E-state index < -0.39 is 4.92 Å². The van der Waals surface area contributed by atoms with Crippen molar-refractivity contribution in [1.82, 2.24) is 9.80 Å². The number of amides is 1. The number of anilines is 1. The van der Waals surface area contributed by atoms with Crippen LogP contribution < -0.4 is 5.32 Å². The van der Waals surface area contributed by atoms with E-state index >= 15 is 0 Å². The molecule has 1 aromatic carbocycles. The second-order valence-electron chi connectivity index (χ2n) is 6.05. The number of rotatable bonds is 3. The van der Waals surface area contributed by atoms with Gasteiger partial charge in [0.05, 0.1) is 4.92 Å². The molecule has 0 unspecified atom stereocenters. The molecular formula is C16H20N4O4S. The van der Waals surface area contributed by atoms with Gasteiger partial charge in [-0.05, 0) is 37.2 Å². The first kappa shape index (κ1) is 17.6. The molecule has 0 aromatic heterocycles. The van der Waals surface area contributed by atoms with Crippen molar-refractivity contribution in [2.75, 3.05) is 38.1 Å². The Morgan fingerprint density at radius 3 is 2.40 bits per heavy atom. The third-order valence-electron chi connectivity index (χ3n) is 4.41. The van der Waals surface area contributed by atoms with E-state index in [4.69, 9.17) is 17.0 Å². The highest BCUT2D eigenvalue weighted by Crippen LogP contribution is 2.18. The van der Waals surface area contributed by atoms with Crippen LogP contribution >= 0.6 is 12.2 Å². The number of nitro groups is 1. The molecule has 2 saturated heterocycles. The van der Waals surface area contributed by atoms with Gasteiger partial charge in [-0.2, -0.15) is 0 Å². The molecule has 134 valence electrons. The summed E-state index contributed by atoms with van der Waals surface area (Å²) in [5.74, 6) is 0.0754. The van der Waals surface area contributed by atoms with Crippen LogP contribution in [0.1, 0.15) is 12.8 Å². The van der Waals surface area contributed by atoms with Gasteiger partial charge in [-0.15, -0.1) is 0 Å². The van der Waals surface area contributed by atoms with Crippen LogP contribution in [0.2, 0.25) is 0 Å². The fourth-order valence-electron chi connectivity index (χ4n) is 2.97. The summed E-state index contributed by atoms with van der Waals surface area (Å²) in [6.07, 6.45) is 1.47. The molecule has 1 amide bonds. The van der Waals surface area contributed by atoms with Crippen LogP contribution in [0.15, 0.2) is 24.3 Å². The zero-order chi connectivity index (χ0) is 17.8. The summed E-state index contributed by atoms with van der Waals surface area (Å²) in [5, 5.41) is 14.3. The number of piperazine rings is 1. The van der Waals surface area contributed by atoms with E-state index in [2.05, 4.69) is 5.32 Å². The summed E-state index contributed by atoms with van der Waals surface area (Å²) in [7, 11) is 0. The van der Waals surface area contributed by atoms with E-state index in [-0.39, 0.29) is 17.7 Å². The fourth-order valence-corrected chi connectivity index (χ4v) is 3.28. The molecule has 1 N–H and O–H groups in total. The second kappa shape index (κ2) is 7.75. The van der Waals surface area contributed by atoms with Gasteiger partial charge in [0.2, 0.25) is 0 Å². The number of non-ortho nitro benzene ring substituents is 1. The maximum Gasteiger partial charge on any atom is 0.269 e. The monoisotopic (exact) mass is 364 g/mol. The van der Waals surface area contributed by atoms with E-state index in [1.165, 1.54) is 12.1 Å². The number of nitro benzene ring substituents is 1. The molecule has 0 spiro atoms. The topological polar surface area (TPSA) is 88.0 Å². The number of nitrogens with one attached hydrogen (secondary N) is 1. The lowest BCUT2D eigenvalue weighted by atomic mass is 10.2. The molecule has 0 radical (unpaired) electrons. The van der Waals surface area contributed by atoms with Crippen molar-refractivity contribution < 1.29 is 14.5 Å². The predicted octanol–water partition coefficient (Wildman–Crippen LogP) is 1.61. The van der Waals surface area contributed by atoms with Gasteiger partial charge in [0.25, 0.3) is 11.6 Å². The quantitative estimate of drug-likeness (QED) is 0.495. The van der Waals surface area contributed by atoms with Gasteiger partial charge in [-0.3, -0.25) is 14.9 Å². The molecule has 25 heavy (non-hydrogen) atoms. The third kappa shape index (κ3) is 4.23. The SMILES string of the molecule is O=C([C@H]1CCCO1)N1CCN(C(=S)Nc2ccc([N+](=O)[O-])cc2)CC1. The maximum absolute atomic E-state index is 12.3. The summed E-state index contributed by atoms with van der Waals surface area (Å²) in [6.45, 7) is 3.19. The highest BCUT2D eigenvalue weighted by molar-refractivity contribution is 7.80. The molecular weight excluding hydrogens is 344 g/mol. The Hall–Kier alpha value is -2.26. The first-order valence-corrected chi connectivity index (χ1v) is 8.66. The molecule has 2 heterocycles. The standard InChI is InChI=1S/C16H20N4O4S/c21-15(14-2-1-11-24-14)18-7-9-19(10-8-18)16(25)17-12-3-5-13(6-4-12)20(22)23/h3-6,14H,1-2,7-11H2,(H,17,25)/t14-/m1/s1. The lowest BCUT2D eigenvalue weighted by molar-refractivity contribution is -0.384. The van der Waals surface area contributed by atoms with Gasteiger partial charge >= 0.3 is 0 Å². The average molecular weight is 364 g/mol. The largest absolute Gasteiger partial charge is 0.368 e. The van der Waals surface area contributed by atoms with E-state index in [1.807, 2.05) is 9.80 Å². The van der Waals surface area contributed by atoms with Crippen LogP contribution in [0, 0.1) is 10.1 Å². The number of ether oxygens (including phenoxy) is 1. The zero-order valence-corrected chi connectivity index (χ0v) is 14.5. The highest BCUT2D eigenvalue weighted by Gasteiger charge is 2.30. The van der Waals surface area contributed by atoms with Gasteiger partial charge in [0, 0.05) is 50.6 Å². The number of benzene rings is 1. The first-order valence-electron chi connectivity index (χ1n) is 8.25. The molecule has 2 aliphatic heterocycles. The number of carbonyl (C=O) groups is 1. The van der Waals surface area contributed by atoms with Crippen molar-refractivity contribution >= 4 is 34.6 Å². The molecule has 2 fully saturated rings. The van der Waals surface area contributed by atoms with Crippen molar-refractivity contribution in [3.8, 4) is 0 Å². The van der Waals surface area contributed by atoms with Gasteiger partial charge in [0.1, 0.15) is 6.10 Å². The molecule has 3 rings (SSSR count). The minimum absolute atomic E-state index is 0.0396. The van der Waals surface area contributed by atoms with Gasteiger partial charge in [-0.1, -0.05) is 0 Å². The van der Waals surface area contributed by atoms with Crippen molar-refractivity contribution in [1.29, 1.82) is 0 Å². The molecule has 9 heteroatoms. The van der Waals surface area contributed by atoms with Crippen molar-refractivity contribution in [2.45, 2.75) is 18.9 Å². The van der Waals surface area contributed by atoms with E-state index in [0.29, 0.717) is 43.6 Å². The number of hydrogen-bond donors (Lipinski definition) is 1. The van der Waals surface area contributed by atoms with Crippen LogP contribution in [0.3, 0.4) is 0 Å². The van der Waals surface area contributed by atoms with E-state index in [9.17, 15) is 14.9 Å². The van der Waals surface area contributed by atoms with Crippen molar-refractivity contribution in [3.63, 3.8) is 0 Å². The Balaban J connectivity index is 1.49. The minimum Gasteiger partial charge on any atom is -0.368 e. The number of nitrogens with zero attached hydrogens (tertiary/aromatic N) is 3. The van der Waals surface area contributed by atoms with Crippen LogP contribution in [0.25, 0.3) is 0 Å². The highest BCUT2D eigenvalue weighted by atomic mass is 32.1. The molecule has 1 aromatic rings. The molecule has 1 atom stereocenters. The van der Waals surface area contributed by atoms with E-state index in [0.717, 1.165) is 12.8 Å². The minimum atomic E-state index is -0.438. The van der Waals surface area contributed by atoms with E-state index in [1.54, 1.807) is 12.1 Å². The Kier molecular flexibility index (Phi) is 5.44. The fraction of sp³-hybridized carbons (Fsp3) is 0.500. The molecule has 0 saturated carbocycles. The third-order valence-corrected chi connectivity index (χ3v) is 4.77. The lowest BCUT2D eigenvalue weighted by Gasteiger charge is -2.37. The van der Waals surface area contributed by atoms with Gasteiger partial charge < -0.3 is 19.9 Å². The van der Waals surface area contributed by atoms with Crippen LogP contribution in [-0.4, -0.2) is 64.6 Å². The summed E-state index contributed by atoms with van der Waals surface area (Å²) in [4.78, 5) is 26.4. The first-order chi connectivity index (χ1) is 12.0. The van der Waals surface area contributed by atoms with Crippen LogP contribution in [-0.2, 0) is 9.53 Å². The molecule has 0 bridgehead atoms. The normalized spacial score (nSPS) is 20.4. The average Bonchev–Trinajstić information content (AvgIpc) is 3.16. The summed E-state index contributed by atoms with van der Waals surface area (Å²) in [5.41, 5.74) is 0.742. The molecule has 8 nitrogen and oxygen atoms in total. The van der Waals surface area contributed by atoms with Crippen LogP contribution in [0.4, 0.5) is 11.4 Å². The number of hydrogen-bond acceptors (Lipinski definition) is 5. The smallest absolute Gasteiger partial charge is 0.269 e. The summed E-state index contributed by atoms with van der Waals surface area (Å²) in [6, 6.07) is 6.12. The zero-order valence-electron chi connectivity index (χ0n) is 13.7. The van der Waals surface area contributed by atoms with Crippen LogP contribution in [0.5, 0.6) is 0 Å². The maximum atomic E-state index is 12.3. The lowest BCUT2D eigenvalue weighted by Crippen LogP contribution is -2.53. The Bertz CT molecular complexity index is 653. The second-order valence-corrected chi connectivity index (χ2v) is 6.43. The summed E-state index contributed by atoms with van der Waals surface area (Å²) >= 11 is 5.40. The van der Waals surface area contributed by atoms with Gasteiger partial charge in [-0.25, -0.2) is 0 Å². The number of carbonyl (C=O) groups excluding carboxylic acids is 1. The van der Waals surface area contributed by atoms with Crippen molar-refractivity contribution in [2.24, 2.45) is 0 Å². The summed E-state index contributed by atoms with van der Waals surface area (Å²) < 4.78 is 5.46. The predicted molar refractivity (Wildman–Crippen MR) is 96.4 cm³/mol.